The summed E-state index contributed by atoms with van der Waals surface area (Å²) in [5.41, 5.74) is 0. The molecule has 0 saturated carbocycles. The van der Waals surface area contributed by atoms with Crippen LogP contribution >= 0.6 is 11.6 Å². The zero-order valence-electron chi connectivity index (χ0n) is 10.4. The van der Waals surface area contributed by atoms with Crippen molar-refractivity contribution in [3.63, 3.8) is 0 Å². The third-order valence-electron chi connectivity index (χ3n) is 2.35. The van der Waals surface area contributed by atoms with Crippen molar-refractivity contribution in [2.45, 2.75) is 25.9 Å². The minimum atomic E-state index is -0.501. The van der Waals surface area contributed by atoms with Crippen molar-refractivity contribution in [3.05, 3.63) is 29.3 Å². The second-order valence-corrected chi connectivity index (χ2v) is 4.37. The van der Waals surface area contributed by atoms with Gasteiger partial charge in [0.05, 0.1) is 11.1 Å². The molecule has 0 saturated heterocycles. The molecule has 18 heavy (non-hydrogen) atoms. The molecule has 0 aliphatic heterocycles. The van der Waals surface area contributed by atoms with Crippen molar-refractivity contribution in [3.8, 4) is 5.75 Å². The molecule has 1 amide bonds. The second-order valence-electron chi connectivity index (χ2n) is 3.97. The van der Waals surface area contributed by atoms with E-state index >= 15 is 0 Å². The van der Waals surface area contributed by atoms with E-state index in [0.29, 0.717) is 17.2 Å². The number of aliphatic hydroxyl groups excluding tert-OH is 1. The molecule has 1 atom stereocenters. The molecule has 2 N–H and O–H groups in total. The molecule has 0 heterocycles. The topological polar surface area (TPSA) is 58.6 Å². The Labute approximate surface area is 112 Å². The fourth-order valence-corrected chi connectivity index (χ4v) is 1.61. The fourth-order valence-electron chi connectivity index (χ4n) is 1.42. The summed E-state index contributed by atoms with van der Waals surface area (Å²) in [5.74, 6) is 0.202. The molecule has 0 bridgehead atoms. The summed E-state index contributed by atoms with van der Waals surface area (Å²) in [5, 5.41) is 12.5. The highest BCUT2D eigenvalue weighted by Crippen LogP contribution is 2.22. The predicted octanol–water partition coefficient (Wildman–Crippen LogP) is 2.00. The van der Waals surface area contributed by atoms with E-state index in [2.05, 4.69) is 5.32 Å². The van der Waals surface area contributed by atoms with Gasteiger partial charge in [0.25, 0.3) is 5.91 Å². The summed E-state index contributed by atoms with van der Waals surface area (Å²) in [7, 11) is 0. The van der Waals surface area contributed by atoms with Gasteiger partial charge in [-0.1, -0.05) is 37.1 Å². The molecule has 5 heteroatoms. The quantitative estimate of drug-likeness (QED) is 0.797. The first kappa shape index (κ1) is 14.8. The lowest BCUT2D eigenvalue weighted by Gasteiger charge is -2.11. The van der Waals surface area contributed by atoms with Crippen molar-refractivity contribution in [1.82, 2.24) is 5.32 Å². The highest BCUT2D eigenvalue weighted by Gasteiger charge is 2.07. The van der Waals surface area contributed by atoms with E-state index in [1.807, 2.05) is 6.92 Å². The van der Waals surface area contributed by atoms with Crippen LogP contribution in [0.2, 0.25) is 5.02 Å². The van der Waals surface area contributed by atoms with Gasteiger partial charge in [-0.15, -0.1) is 0 Å². The van der Waals surface area contributed by atoms with Gasteiger partial charge in [0, 0.05) is 6.54 Å². The smallest absolute Gasteiger partial charge is 0.258 e. The largest absolute Gasteiger partial charge is 0.482 e. The molecule has 0 aliphatic rings. The van der Waals surface area contributed by atoms with Crippen LogP contribution in [-0.4, -0.2) is 30.3 Å². The highest BCUT2D eigenvalue weighted by molar-refractivity contribution is 6.32. The Morgan fingerprint density at radius 1 is 1.50 bits per heavy atom. The lowest BCUT2D eigenvalue weighted by atomic mass is 10.2. The van der Waals surface area contributed by atoms with Crippen LogP contribution in [0.15, 0.2) is 24.3 Å². The van der Waals surface area contributed by atoms with Crippen LogP contribution in [-0.2, 0) is 4.79 Å². The van der Waals surface area contributed by atoms with Gasteiger partial charge in [0.1, 0.15) is 5.75 Å². The third-order valence-corrected chi connectivity index (χ3v) is 2.66. The zero-order chi connectivity index (χ0) is 13.4. The molecule has 0 aliphatic carbocycles. The van der Waals surface area contributed by atoms with Crippen LogP contribution in [0.25, 0.3) is 0 Å². The van der Waals surface area contributed by atoms with Gasteiger partial charge in [0.15, 0.2) is 6.61 Å². The zero-order valence-corrected chi connectivity index (χ0v) is 11.1. The summed E-state index contributed by atoms with van der Waals surface area (Å²) in [4.78, 5) is 11.4. The Morgan fingerprint density at radius 2 is 2.22 bits per heavy atom. The average Bonchev–Trinajstić information content (AvgIpc) is 2.36. The summed E-state index contributed by atoms with van der Waals surface area (Å²) < 4.78 is 5.27. The van der Waals surface area contributed by atoms with Gasteiger partial charge >= 0.3 is 0 Å². The standard InChI is InChI=1S/C13H18ClNO3/c1-2-5-10(16)8-15-13(17)9-18-12-7-4-3-6-11(12)14/h3-4,6-7,10,16H,2,5,8-9H2,1H3,(H,15,17). The fraction of sp³-hybridized carbons (Fsp3) is 0.462. The third kappa shape index (κ3) is 5.38. The molecule has 1 aromatic carbocycles. The van der Waals surface area contributed by atoms with E-state index in [1.165, 1.54) is 0 Å². The van der Waals surface area contributed by atoms with Gasteiger partial charge < -0.3 is 15.2 Å². The van der Waals surface area contributed by atoms with Crippen LogP contribution in [0, 0.1) is 0 Å². The highest BCUT2D eigenvalue weighted by atomic mass is 35.5. The van der Waals surface area contributed by atoms with E-state index < -0.39 is 6.10 Å². The monoisotopic (exact) mass is 271 g/mol. The Hall–Kier alpha value is -1.26. The molecular formula is C13H18ClNO3. The van der Waals surface area contributed by atoms with Gasteiger partial charge in [-0.3, -0.25) is 4.79 Å². The molecule has 100 valence electrons. The Kier molecular flexibility index (Phi) is 6.54. The first-order chi connectivity index (χ1) is 8.63. The maximum absolute atomic E-state index is 11.4. The number of nitrogens with one attached hydrogen (secondary N) is 1. The molecule has 1 rings (SSSR count). The average molecular weight is 272 g/mol. The van der Waals surface area contributed by atoms with Crippen molar-refractivity contribution < 1.29 is 14.6 Å². The number of halogens is 1. The molecular weight excluding hydrogens is 254 g/mol. The van der Waals surface area contributed by atoms with Crippen LogP contribution < -0.4 is 10.1 Å². The van der Waals surface area contributed by atoms with Crippen LogP contribution in [0.3, 0.4) is 0 Å². The van der Waals surface area contributed by atoms with Crippen molar-refractivity contribution in [2.24, 2.45) is 0 Å². The van der Waals surface area contributed by atoms with Crippen LogP contribution in [0.4, 0.5) is 0 Å². The molecule has 4 nitrogen and oxygen atoms in total. The lowest BCUT2D eigenvalue weighted by molar-refractivity contribution is -0.123. The van der Waals surface area contributed by atoms with Crippen molar-refractivity contribution in [2.75, 3.05) is 13.2 Å². The molecule has 0 aromatic heterocycles. The van der Waals surface area contributed by atoms with E-state index in [-0.39, 0.29) is 19.1 Å². The first-order valence-electron chi connectivity index (χ1n) is 5.95. The number of rotatable bonds is 7. The number of carbonyl (C=O) groups is 1. The Balaban J connectivity index is 2.27. The molecule has 0 radical (unpaired) electrons. The lowest BCUT2D eigenvalue weighted by Crippen LogP contribution is -2.35. The van der Waals surface area contributed by atoms with Gasteiger partial charge in [-0.05, 0) is 18.6 Å². The predicted molar refractivity (Wildman–Crippen MR) is 70.9 cm³/mol. The Morgan fingerprint density at radius 3 is 2.89 bits per heavy atom. The Bertz CT molecular complexity index is 384. The summed E-state index contributed by atoms with van der Waals surface area (Å²) in [6.07, 6.45) is 1.05. The summed E-state index contributed by atoms with van der Waals surface area (Å²) in [6.45, 7) is 2.12. The molecule has 0 fully saturated rings. The van der Waals surface area contributed by atoms with Crippen molar-refractivity contribution >= 4 is 17.5 Å². The normalized spacial score (nSPS) is 11.9. The number of hydrogen-bond donors (Lipinski definition) is 2. The van der Waals surface area contributed by atoms with E-state index in [4.69, 9.17) is 16.3 Å². The van der Waals surface area contributed by atoms with Gasteiger partial charge in [-0.2, -0.15) is 0 Å². The van der Waals surface area contributed by atoms with Crippen LogP contribution in [0.5, 0.6) is 5.75 Å². The number of amides is 1. The van der Waals surface area contributed by atoms with Crippen LogP contribution in [0.1, 0.15) is 19.8 Å². The molecule has 0 spiro atoms. The number of benzene rings is 1. The number of carbonyl (C=O) groups excluding carboxylic acids is 1. The number of aliphatic hydroxyl groups is 1. The molecule has 1 aromatic rings. The summed E-state index contributed by atoms with van der Waals surface area (Å²) >= 11 is 5.88. The van der Waals surface area contributed by atoms with Gasteiger partial charge in [0.2, 0.25) is 0 Å². The molecule has 1 unspecified atom stereocenters. The van der Waals surface area contributed by atoms with E-state index in [9.17, 15) is 9.90 Å². The summed E-state index contributed by atoms with van der Waals surface area (Å²) in [6, 6.07) is 6.96. The van der Waals surface area contributed by atoms with E-state index in [1.54, 1.807) is 24.3 Å². The van der Waals surface area contributed by atoms with Gasteiger partial charge in [-0.25, -0.2) is 0 Å². The van der Waals surface area contributed by atoms with E-state index in [0.717, 1.165) is 6.42 Å². The van der Waals surface area contributed by atoms with Crippen molar-refractivity contribution in [1.29, 1.82) is 0 Å². The number of para-hydroxylation sites is 1. The maximum atomic E-state index is 11.4. The number of hydrogen-bond acceptors (Lipinski definition) is 3. The SMILES string of the molecule is CCCC(O)CNC(=O)COc1ccccc1Cl. The minimum Gasteiger partial charge on any atom is -0.482 e. The maximum Gasteiger partial charge on any atom is 0.258 e. The second kappa shape index (κ2) is 7.95. The minimum absolute atomic E-state index is 0.109. The number of ether oxygens (including phenoxy) is 1. The first-order valence-corrected chi connectivity index (χ1v) is 6.33.